The molecule has 0 aliphatic heterocycles. The van der Waals surface area contributed by atoms with Crippen molar-refractivity contribution >= 4 is 11.0 Å². The van der Waals surface area contributed by atoms with Gasteiger partial charge in [0.1, 0.15) is 5.58 Å². The van der Waals surface area contributed by atoms with E-state index in [4.69, 9.17) is 10.2 Å². The lowest BCUT2D eigenvalue weighted by atomic mass is 10.0. The molecule has 0 amide bonds. The van der Waals surface area contributed by atoms with Gasteiger partial charge in [0.05, 0.1) is 6.26 Å². The van der Waals surface area contributed by atoms with Gasteiger partial charge in [-0.25, -0.2) is 0 Å². The number of nitrogens with two attached hydrogens (primary N) is 1. The molecule has 3 atom stereocenters. The molecule has 3 unspecified atom stereocenters. The minimum atomic E-state index is 0.0349. The lowest BCUT2D eigenvalue weighted by Crippen LogP contribution is -2.39. The molecular weight excluding hydrogens is 240 g/mol. The quantitative estimate of drug-likeness (QED) is 0.745. The zero-order chi connectivity index (χ0) is 13.8. The van der Waals surface area contributed by atoms with Crippen LogP contribution in [0.2, 0.25) is 0 Å². The Labute approximate surface area is 113 Å². The molecule has 0 aliphatic carbocycles. The molecule has 4 N–H and O–H groups in total. The minimum Gasteiger partial charge on any atom is -0.464 e. The highest BCUT2D eigenvalue weighted by Gasteiger charge is 2.20. The summed E-state index contributed by atoms with van der Waals surface area (Å²) < 4.78 is 5.56. The highest BCUT2D eigenvalue weighted by molar-refractivity contribution is 5.81. The van der Waals surface area contributed by atoms with Gasteiger partial charge in [-0.1, -0.05) is 25.1 Å². The molecule has 2 aromatic rings. The molecule has 1 heterocycles. The van der Waals surface area contributed by atoms with Crippen molar-refractivity contribution in [3.8, 4) is 0 Å². The Morgan fingerprint density at radius 3 is 2.74 bits per heavy atom. The molecule has 19 heavy (non-hydrogen) atoms. The largest absolute Gasteiger partial charge is 0.464 e. The molecule has 0 fully saturated rings. The number of fused-ring (bicyclic) bond motifs is 1. The number of hydrogen-bond acceptors (Lipinski definition) is 4. The fourth-order valence-corrected chi connectivity index (χ4v) is 2.19. The van der Waals surface area contributed by atoms with E-state index in [2.05, 4.69) is 12.2 Å². The van der Waals surface area contributed by atoms with E-state index in [-0.39, 0.29) is 24.6 Å². The van der Waals surface area contributed by atoms with Gasteiger partial charge in [0, 0.05) is 36.2 Å². The molecule has 0 spiro atoms. The van der Waals surface area contributed by atoms with Gasteiger partial charge >= 0.3 is 0 Å². The van der Waals surface area contributed by atoms with E-state index in [9.17, 15) is 5.11 Å². The number of furan rings is 1. The van der Waals surface area contributed by atoms with Crippen LogP contribution in [0.25, 0.3) is 11.0 Å². The van der Waals surface area contributed by atoms with E-state index < -0.39 is 0 Å². The number of hydrogen-bond donors (Lipinski definition) is 3. The van der Waals surface area contributed by atoms with Crippen LogP contribution in [-0.4, -0.2) is 24.3 Å². The Kier molecular flexibility index (Phi) is 4.58. The Bertz CT molecular complexity index is 524. The van der Waals surface area contributed by atoms with Gasteiger partial charge < -0.3 is 20.6 Å². The number of aliphatic hydroxyl groups excluding tert-OH is 1. The number of nitrogens with one attached hydrogen (secondary N) is 1. The molecule has 0 saturated carbocycles. The monoisotopic (exact) mass is 262 g/mol. The van der Waals surface area contributed by atoms with Gasteiger partial charge in [-0.3, -0.25) is 0 Å². The molecule has 0 aliphatic rings. The average Bonchev–Trinajstić information content (AvgIpc) is 2.87. The smallest absolute Gasteiger partial charge is 0.134 e. The third-order valence-corrected chi connectivity index (χ3v) is 3.73. The molecule has 4 nitrogen and oxygen atoms in total. The minimum absolute atomic E-state index is 0.0349. The maximum absolute atomic E-state index is 9.20. The van der Waals surface area contributed by atoms with Crippen LogP contribution in [0.15, 0.2) is 34.9 Å². The highest BCUT2D eigenvalue weighted by Crippen LogP contribution is 2.26. The predicted octanol–water partition coefficient (Wildman–Crippen LogP) is 2.04. The van der Waals surface area contributed by atoms with Crippen LogP contribution in [0, 0.1) is 5.92 Å². The van der Waals surface area contributed by atoms with Crippen LogP contribution in [0.5, 0.6) is 0 Å². The first-order valence-corrected chi connectivity index (χ1v) is 6.70. The number of aliphatic hydroxyl groups is 1. The van der Waals surface area contributed by atoms with E-state index >= 15 is 0 Å². The van der Waals surface area contributed by atoms with Crippen LogP contribution < -0.4 is 11.1 Å². The van der Waals surface area contributed by atoms with Crippen molar-refractivity contribution in [2.75, 3.05) is 13.2 Å². The Balaban J connectivity index is 2.22. The lowest BCUT2D eigenvalue weighted by molar-refractivity contribution is 0.201. The van der Waals surface area contributed by atoms with E-state index in [1.54, 1.807) is 6.26 Å². The summed E-state index contributed by atoms with van der Waals surface area (Å²) in [6, 6.07) is 8.16. The maximum atomic E-state index is 9.20. The zero-order valence-corrected chi connectivity index (χ0v) is 11.5. The van der Waals surface area contributed by atoms with Gasteiger partial charge in [-0.15, -0.1) is 0 Å². The van der Waals surface area contributed by atoms with E-state index in [1.165, 1.54) is 0 Å². The van der Waals surface area contributed by atoms with Crippen molar-refractivity contribution in [1.29, 1.82) is 0 Å². The first kappa shape index (κ1) is 14.1. The van der Waals surface area contributed by atoms with Gasteiger partial charge in [0.2, 0.25) is 0 Å². The van der Waals surface area contributed by atoms with Gasteiger partial charge in [0.15, 0.2) is 0 Å². The first-order valence-electron chi connectivity index (χ1n) is 6.70. The van der Waals surface area contributed by atoms with Crippen LogP contribution in [0.4, 0.5) is 0 Å². The van der Waals surface area contributed by atoms with Crippen molar-refractivity contribution in [2.45, 2.75) is 25.9 Å². The Morgan fingerprint density at radius 2 is 2.05 bits per heavy atom. The molecule has 0 saturated heterocycles. The molecule has 104 valence electrons. The lowest BCUT2D eigenvalue weighted by Gasteiger charge is -2.25. The maximum Gasteiger partial charge on any atom is 0.134 e. The summed E-state index contributed by atoms with van der Waals surface area (Å²) in [7, 11) is 0. The van der Waals surface area contributed by atoms with Crippen LogP contribution in [0.1, 0.15) is 25.5 Å². The van der Waals surface area contributed by atoms with Crippen molar-refractivity contribution in [2.24, 2.45) is 11.7 Å². The van der Waals surface area contributed by atoms with Gasteiger partial charge in [0.25, 0.3) is 0 Å². The SMILES string of the molecule is CC(CO)C(C)NC(CN)c1coc2ccccc12. The molecule has 0 radical (unpaired) electrons. The van der Waals surface area contributed by atoms with Crippen molar-refractivity contribution in [3.05, 3.63) is 36.1 Å². The van der Waals surface area contributed by atoms with Crippen LogP contribution in [-0.2, 0) is 0 Å². The van der Waals surface area contributed by atoms with E-state index in [1.807, 2.05) is 31.2 Å². The van der Waals surface area contributed by atoms with Crippen LogP contribution in [0.3, 0.4) is 0 Å². The molecule has 0 bridgehead atoms. The van der Waals surface area contributed by atoms with Crippen molar-refractivity contribution in [1.82, 2.24) is 5.32 Å². The fourth-order valence-electron chi connectivity index (χ4n) is 2.19. The normalized spacial score (nSPS) is 16.4. The van der Waals surface area contributed by atoms with Crippen molar-refractivity contribution in [3.63, 3.8) is 0 Å². The summed E-state index contributed by atoms with van der Waals surface area (Å²) in [4.78, 5) is 0. The summed E-state index contributed by atoms with van der Waals surface area (Å²) in [5.41, 5.74) is 7.83. The average molecular weight is 262 g/mol. The summed E-state index contributed by atoms with van der Waals surface area (Å²) in [5, 5.41) is 13.8. The number of rotatable bonds is 6. The molecule has 2 rings (SSSR count). The Morgan fingerprint density at radius 1 is 1.32 bits per heavy atom. The highest BCUT2D eigenvalue weighted by atomic mass is 16.3. The van der Waals surface area contributed by atoms with E-state index in [0.717, 1.165) is 16.5 Å². The second-order valence-corrected chi connectivity index (χ2v) is 5.09. The van der Waals surface area contributed by atoms with Gasteiger partial charge in [-0.05, 0) is 18.9 Å². The van der Waals surface area contributed by atoms with E-state index in [0.29, 0.717) is 6.54 Å². The van der Waals surface area contributed by atoms with Crippen molar-refractivity contribution < 1.29 is 9.52 Å². The van der Waals surface area contributed by atoms with Crippen LogP contribution >= 0.6 is 0 Å². The number of benzene rings is 1. The zero-order valence-electron chi connectivity index (χ0n) is 11.5. The standard InChI is InChI=1S/C15H22N2O2/c1-10(8-18)11(2)17-14(7-16)13-9-19-15-6-4-3-5-12(13)15/h3-6,9-11,14,17-18H,7-8,16H2,1-2H3. The summed E-state index contributed by atoms with van der Waals surface area (Å²) in [6.45, 7) is 4.73. The number of para-hydroxylation sites is 1. The third kappa shape index (κ3) is 2.97. The second-order valence-electron chi connectivity index (χ2n) is 5.09. The predicted molar refractivity (Wildman–Crippen MR) is 76.9 cm³/mol. The topological polar surface area (TPSA) is 71.4 Å². The summed E-state index contributed by atoms with van der Waals surface area (Å²) in [5.74, 6) is 0.187. The third-order valence-electron chi connectivity index (χ3n) is 3.73. The summed E-state index contributed by atoms with van der Waals surface area (Å²) >= 11 is 0. The molecule has 1 aromatic heterocycles. The molecule has 1 aromatic carbocycles. The van der Waals surface area contributed by atoms with Gasteiger partial charge in [-0.2, -0.15) is 0 Å². The Hall–Kier alpha value is -1.36. The second kappa shape index (κ2) is 6.19. The molecule has 4 heteroatoms. The fraction of sp³-hybridized carbons (Fsp3) is 0.467. The molecular formula is C15H22N2O2. The summed E-state index contributed by atoms with van der Waals surface area (Å²) in [6.07, 6.45) is 1.77. The first-order chi connectivity index (χ1) is 9.17.